The van der Waals surface area contributed by atoms with E-state index < -0.39 is 0 Å². The lowest BCUT2D eigenvalue weighted by molar-refractivity contribution is -0.115. The summed E-state index contributed by atoms with van der Waals surface area (Å²) in [6.07, 6.45) is 6.12. The van der Waals surface area contributed by atoms with E-state index in [1.165, 1.54) is 11.6 Å². The molecular weight excluding hydrogens is 465 g/mol. The molecule has 0 unspecified atom stereocenters. The Kier molecular flexibility index (Phi) is 9.51. The average molecular weight is 496 g/mol. The number of anilines is 1. The van der Waals surface area contributed by atoms with Gasteiger partial charge in [-0.1, -0.05) is 48.0 Å². The van der Waals surface area contributed by atoms with Gasteiger partial charge in [0.2, 0.25) is 5.91 Å². The molecule has 0 saturated heterocycles. The Hall–Kier alpha value is -4.50. The first-order valence-corrected chi connectivity index (χ1v) is 11.9. The van der Waals surface area contributed by atoms with Crippen LogP contribution in [0, 0.1) is 32.0 Å². The van der Waals surface area contributed by atoms with Crippen LogP contribution in [0.25, 0.3) is 11.3 Å². The predicted octanol–water partition coefficient (Wildman–Crippen LogP) is 6.21. The third-order valence-corrected chi connectivity index (χ3v) is 5.60. The minimum Gasteiger partial charge on any atom is -0.508 e. The molecule has 0 fully saturated rings. The van der Waals surface area contributed by atoms with Gasteiger partial charge in [-0.05, 0) is 75.1 Å². The van der Waals surface area contributed by atoms with Crippen molar-refractivity contribution in [2.24, 2.45) is 0 Å². The molecule has 0 aliphatic heterocycles. The van der Waals surface area contributed by atoms with Crippen LogP contribution >= 0.6 is 0 Å². The molecule has 1 aromatic heterocycles. The number of hydrogen-bond donors (Lipinski definition) is 2. The number of rotatable bonds is 3. The number of aromatic hydroxyl groups is 1. The van der Waals surface area contributed by atoms with Crippen LogP contribution in [-0.2, 0) is 24.1 Å². The van der Waals surface area contributed by atoms with E-state index in [0.29, 0.717) is 24.4 Å². The van der Waals surface area contributed by atoms with E-state index in [1.807, 2.05) is 18.2 Å². The maximum absolute atomic E-state index is 13.5. The molecule has 0 saturated carbocycles. The fourth-order valence-corrected chi connectivity index (χ4v) is 3.83. The largest absolute Gasteiger partial charge is 0.508 e. The number of carbonyl (C=O) groups is 1. The van der Waals surface area contributed by atoms with E-state index >= 15 is 0 Å². The molecule has 37 heavy (non-hydrogen) atoms. The van der Waals surface area contributed by atoms with E-state index in [9.17, 15) is 14.3 Å². The van der Waals surface area contributed by atoms with Crippen molar-refractivity contribution in [3.8, 4) is 29.4 Å². The number of benzene rings is 3. The SMILES string of the molecule is C#CC.Cc1ccccc1.Cc1nc2c(nc1NC(=O)Cc1ccc(O)cc1)CCc1cc(F)ccc1-2. The van der Waals surface area contributed by atoms with Gasteiger partial charge in [-0.15, -0.1) is 12.3 Å². The summed E-state index contributed by atoms with van der Waals surface area (Å²) < 4.78 is 13.5. The quantitative estimate of drug-likeness (QED) is 0.331. The summed E-state index contributed by atoms with van der Waals surface area (Å²) in [6, 6.07) is 21.5. The van der Waals surface area contributed by atoms with Crippen molar-refractivity contribution < 1.29 is 14.3 Å². The van der Waals surface area contributed by atoms with Gasteiger partial charge < -0.3 is 10.4 Å². The number of carbonyl (C=O) groups excluding carboxylic acids is 1. The van der Waals surface area contributed by atoms with Gasteiger partial charge in [0.05, 0.1) is 23.5 Å². The van der Waals surface area contributed by atoms with E-state index in [-0.39, 0.29) is 23.9 Å². The maximum Gasteiger partial charge on any atom is 0.229 e. The molecule has 4 aromatic rings. The normalized spacial score (nSPS) is 10.8. The highest BCUT2D eigenvalue weighted by atomic mass is 19.1. The molecular formula is C31H30FN3O2. The lowest BCUT2D eigenvalue weighted by atomic mass is 9.91. The molecule has 0 atom stereocenters. The standard InChI is InChI=1S/C21H18FN3O2.C7H8.C3H4/c1-12-21(25-19(27)10-13-2-6-16(26)7-3-13)24-18-9-4-14-11-15(22)5-8-17(14)20(18)23-12;1-7-5-3-2-4-6-7;1-3-2/h2-3,5-8,11,26H,4,9-10H2,1H3,(H,24,25,27);2-6H,1H3;1H,2H3. The van der Waals surface area contributed by atoms with Gasteiger partial charge in [0.25, 0.3) is 0 Å². The summed E-state index contributed by atoms with van der Waals surface area (Å²) in [5.74, 6) is 2.41. The third-order valence-electron chi connectivity index (χ3n) is 5.60. The molecule has 5 rings (SSSR count). The number of amides is 1. The minimum absolute atomic E-state index is 0.163. The van der Waals surface area contributed by atoms with Crippen molar-refractivity contribution in [1.29, 1.82) is 0 Å². The van der Waals surface area contributed by atoms with Crippen molar-refractivity contribution in [2.45, 2.75) is 40.0 Å². The average Bonchev–Trinajstić information content (AvgIpc) is 2.87. The summed E-state index contributed by atoms with van der Waals surface area (Å²) in [4.78, 5) is 21.6. The molecule has 2 N–H and O–H groups in total. The molecule has 0 spiro atoms. The fraction of sp³-hybridized carbons (Fsp3) is 0.194. The lowest BCUT2D eigenvalue weighted by Crippen LogP contribution is -2.19. The van der Waals surface area contributed by atoms with Crippen LogP contribution in [0.5, 0.6) is 5.75 Å². The Morgan fingerprint density at radius 2 is 1.70 bits per heavy atom. The summed E-state index contributed by atoms with van der Waals surface area (Å²) >= 11 is 0. The maximum atomic E-state index is 13.5. The van der Waals surface area contributed by atoms with Crippen LogP contribution in [0.3, 0.4) is 0 Å². The van der Waals surface area contributed by atoms with Crippen LogP contribution in [0.4, 0.5) is 10.2 Å². The van der Waals surface area contributed by atoms with E-state index in [0.717, 1.165) is 28.1 Å². The highest BCUT2D eigenvalue weighted by molar-refractivity contribution is 5.92. The van der Waals surface area contributed by atoms with Crippen molar-refractivity contribution in [3.05, 3.63) is 107 Å². The van der Waals surface area contributed by atoms with Crippen molar-refractivity contribution in [1.82, 2.24) is 9.97 Å². The van der Waals surface area contributed by atoms with Gasteiger partial charge in [-0.2, -0.15) is 0 Å². The second-order valence-electron chi connectivity index (χ2n) is 8.59. The van der Waals surface area contributed by atoms with Gasteiger partial charge >= 0.3 is 0 Å². The topological polar surface area (TPSA) is 75.1 Å². The first-order chi connectivity index (χ1) is 17.8. The Morgan fingerprint density at radius 3 is 2.32 bits per heavy atom. The molecule has 3 aromatic carbocycles. The number of fused-ring (bicyclic) bond motifs is 3. The molecule has 1 aliphatic carbocycles. The number of hydrogen-bond acceptors (Lipinski definition) is 4. The molecule has 0 radical (unpaired) electrons. The Labute approximate surface area is 217 Å². The molecule has 1 aliphatic rings. The summed E-state index contributed by atoms with van der Waals surface area (Å²) in [5.41, 5.74) is 6.12. The number of phenols is 1. The zero-order valence-electron chi connectivity index (χ0n) is 21.3. The van der Waals surface area contributed by atoms with Gasteiger partial charge in [-0.3, -0.25) is 4.79 Å². The van der Waals surface area contributed by atoms with Gasteiger partial charge in [0.1, 0.15) is 11.6 Å². The number of nitrogens with one attached hydrogen (secondary N) is 1. The van der Waals surface area contributed by atoms with Crippen molar-refractivity contribution in [2.75, 3.05) is 5.32 Å². The summed E-state index contributed by atoms with van der Waals surface area (Å²) in [5, 5.41) is 12.1. The zero-order valence-corrected chi connectivity index (χ0v) is 21.3. The second kappa shape index (κ2) is 13.0. The zero-order chi connectivity index (χ0) is 26.8. The Balaban J connectivity index is 0.000000321. The Bertz CT molecular complexity index is 1390. The van der Waals surface area contributed by atoms with Crippen LogP contribution < -0.4 is 5.32 Å². The number of phenolic OH excluding ortho intramolecular Hbond substituents is 1. The molecule has 5 nitrogen and oxygen atoms in total. The van der Waals surface area contributed by atoms with Crippen molar-refractivity contribution in [3.63, 3.8) is 0 Å². The van der Waals surface area contributed by atoms with Gasteiger partial charge in [0.15, 0.2) is 5.82 Å². The van der Waals surface area contributed by atoms with Crippen LogP contribution in [0.15, 0.2) is 72.8 Å². The highest BCUT2D eigenvalue weighted by Crippen LogP contribution is 2.33. The first-order valence-electron chi connectivity index (χ1n) is 11.9. The molecule has 0 bridgehead atoms. The number of aryl methyl sites for hydroxylation is 4. The van der Waals surface area contributed by atoms with Gasteiger partial charge in [0, 0.05) is 5.56 Å². The van der Waals surface area contributed by atoms with Crippen LogP contribution in [0.1, 0.15) is 35.0 Å². The van der Waals surface area contributed by atoms with Crippen LogP contribution in [0.2, 0.25) is 0 Å². The van der Waals surface area contributed by atoms with E-state index in [2.05, 4.69) is 46.7 Å². The summed E-state index contributed by atoms with van der Waals surface area (Å²) in [6.45, 7) is 5.53. The third kappa shape index (κ3) is 7.74. The smallest absolute Gasteiger partial charge is 0.229 e. The minimum atomic E-state index is -0.250. The number of aromatic nitrogens is 2. The van der Waals surface area contributed by atoms with Gasteiger partial charge in [-0.25, -0.2) is 14.4 Å². The molecule has 6 heteroatoms. The second-order valence-corrected chi connectivity index (χ2v) is 8.59. The highest BCUT2D eigenvalue weighted by Gasteiger charge is 2.21. The van der Waals surface area contributed by atoms with Crippen molar-refractivity contribution >= 4 is 11.7 Å². The fourth-order valence-electron chi connectivity index (χ4n) is 3.83. The lowest BCUT2D eigenvalue weighted by Gasteiger charge is -2.20. The number of halogens is 1. The number of nitrogens with zero attached hydrogens (tertiary/aromatic N) is 2. The van der Waals surface area contributed by atoms with E-state index in [1.54, 1.807) is 50.2 Å². The van der Waals surface area contributed by atoms with E-state index in [4.69, 9.17) is 0 Å². The molecule has 188 valence electrons. The monoisotopic (exact) mass is 495 g/mol. The molecule has 1 heterocycles. The summed E-state index contributed by atoms with van der Waals surface area (Å²) in [7, 11) is 0. The number of terminal acetylenes is 1. The Morgan fingerprint density at radius 1 is 1.03 bits per heavy atom. The first kappa shape index (κ1) is 27.1. The molecule has 1 amide bonds. The van der Waals surface area contributed by atoms with Crippen LogP contribution in [-0.4, -0.2) is 21.0 Å². The predicted molar refractivity (Wildman–Crippen MR) is 146 cm³/mol.